The molecule has 0 spiro atoms. The molecule has 0 aliphatic carbocycles. The van der Waals surface area contributed by atoms with E-state index < -0.39 is 0 Å². The van der Waals surface area contributed by atoms with Gasteiger partial charge in [0.05, 0.1) is 5.88 Å². The summed E-state index contributed by atoms with van der Waals surface area (Å²) in [5.74, 6) is 1.08. The third-order valence-electron chi connectivity index (χ3n) is 2.60. The minimum atomic E-state index is -0.286. The second kappa shape index (κ2) is 5.36. The lowest BCUT2D eigenvalue weighted by atomic mass is 10.2. The highest BCUT2D eigenvalue weighted by atomic mass is 35.5. The SMILES string of the molecule is Cc1cc(Oc2ccc(C)c(F)c2)c(CCl)cn1. The lowest BCUT2D eigenvalue weighted by Crippen LogP contribution is -1.94. The van der Waals surface area contributed by atoms with Crippen LogP contribution in [0.3, 0.4) is 0 Å². The molecule has 0 aliphatic heterocycles. The van der Waals surface area contributed by atoms with Gasteiger partial charge in [-0.25, -0.2) is 4.39 Å². The normalized spacial score (nSPS) is 10.4. The van der Waals surface area contributed by atoms with E-state index in [0.717, 1.165) is 11.3 Å². The highest BCUT2D eigenvalue weighted by molar-refractivity contribution is 6.17. The van der Waals surface area contributed by atoms with E-state index in [4.69, 9.17) is 16.3 Å². The van der Waals surface area contributed by atoms with Crippen LogP contribution in [0.5, 0.6) is 11.5 Å². The molecule has 2 nitrogen and oxygen atoms in total. The Balaban J connectivity index is 2.33. The first-order valence-electron chi connectivity index (χ1n) is 5.55. The van der Waals surface area contributed by atoms with E-state index >= 15 is 0 Å². The number of hydrogen-bond donors (Lipinski definition) is 0. The van der Waals surface area contributed by atoms with Gasteiger partial charge in [-0.2, -0.15) is 0 Å². The van der Waals surface area contributed by atoms with Crippen molar-refractivity contribution in [3.8, 4) is 11.5 Å². The van der Waals surface area contributed by atoms with Gasteiger partial charge in [-0.1, -0.05) is 6.07 Å². The van der Waals surface area contributed by atoms with Crippen molar-refractivity contribution < 1.29 is 9.13 Å². The number of ether oxygens (including phenoxy) is 1. The first-order chi connectivity index (χ1) is 8.60. The number of aryl methyl sites for hydroxylation is 2. The Hall–Kier alpha value is -1.61. The second-order valence-corrected chi connectivity index (χ2v) is 4.35. The van der Waals surface area contributed by atoms with Gasteiger partial charge in [0, 0.05) is 29.6 Å². The molecule has 0 aliphatic rings. The molecular weight excluding hydrogens is 253 g/mol. The van der Waals surface area contributed by atoms with E-state index in [-0.39, 0.29) is 5.82 Å². The molecule has 0 atom stereocenters. The van der Waals surface area contributed by atoms with Crippen LogP contribution in [0.2, 0.25) is 0 Å². The number of pyridine rings is 1. The molecule has 0 amide bonds. The number of alkyl halides is 1. The number of rotatable bonds is 3. The van der Waals surface area contributed by atoms with Crippen molar-refractivity contribution in [2.45, 2.75) is 19.7 Å². The maximum absolute atomic E-state index is 13.4. The van der Waals surface area contributed by atoms with Gasteiger partial charge in [0.1, 0.15) is 17.3 Å². The Bertz CT molecular complexity index is 572. The molecule has 18 heavy (non-hydrogen) atoms. The Morgan fingerprint density at radius 2 is 2.06 bits per heavy atom. The molecule has 0 bridgehead atoms. The number of aromatic nitrogens is 1. The topological polar surface area (TPSA) is 22.1 Å². The summed E-state index contributed by atoms with van der Waals surface area (Å²) in [7, 11) is 0. The van der Waals surface area contributed by atoms with Crippen molar-refractivity contribution in [1.82, 2.24) is 4.98 Å². The van der Waals surface area contributed by atoms with E-state index in [2.05, 4.69) is 4.98 Å². The van der Waals surface area contributed by atoms with E-state index in [0.29, 0.717) is 22.9 Å². The van der Waals surface area contributed by atoms with E-state index in [1.807, 2.05) is 6.92 Å². The lowest BCUT2D eigenvalue weighted by Gasteiger charge is -2.10. The van der Waals surface area contributed by atoms with Crippen molar-refractivity contribution in [1.29, 1.82) is 0 Å². The zero-order chi connectivity index (χ0) is 13.1. The third-order valence-corrected chi connectivity index (χ3v) is 2.88. The van der Waals surface area contributed by atoms with Crippen LogP contribution < -0.4 is 4.74 Å². The summed E-state index contributed by atoms with van der Waals surface area (Å²) in [6.45, 7) is 3.57. The molecule has 1 aromatic carbocycles. The maximum atomic E-state index is 13.4. The van der Waals surface area contributed by atoms with Gasteiger partial charge in [0.2, 0.25) is 0 Å². The summed E-state index contributed by atoms with van der Waals surface area (Å²) >= 11 is 5.81. The number of halogens is 2. The fourth-order valence-corrected chi connectivity index (χ4v) is 1.72. The highest BCUT2D eigenvalue weighted by Crippen LogP contribution is 2.27. The van der Waals surface area contributed by atoms with Crippen LogP contribution in [-0.4, -0.2) is 4.98 Å². The molecule has 2 aromatic rings. The highest BCUT2D eigenvalue weighted by Gasteiger charge is 2.07. The van der Waals surface area contributed by atoms with E-state index in [1.54, 1.807) is 31.3 Å². The first-order valence-corrected chi connectivity index (χ1v) is 6.09. The predicted molar refractivity (Wildman–Crippen MR) is 69.7 cm³/mol. The molecule has 0 saturated carbocycles. The molecule has 4 heteroatoms. The summed E-state index contributed by atoms with van der Waals surface area (Å²) in [6, 6.07) is 6.56. The van der Waals surface area contributed by atoms with Crippen LogP contribution >= 0.6 is 11.6 Å². The Kier molecular flexibility index (Phi) is 3.82. The quantitative estimate of drug-likeness (QED) is 0.769. The summed E-state index contributed by atoms with van der Waals surface area (Å²) < 4.78 is 19.1. The molecule has 1 heterocycles. The summed E-state index contributed by atoms with van der Waals surface area (Å²) in [5, 5.41) is 0. The predicted octanol–water partition coefficient (Wildman–Crippen LogP) is 4.37. The van der Waals surface area contributed by atoms with E-state index in [1.165, 1.54) is 6.07 Å². The van der Waals surface area contributed by atoms with Crippen LogP contribution in [-0.2, 0) is 5.88 Å². The van der Waals surface area contributed by atoms with Crippen LogP contribution in [0.1, 0.15) is 16.8 Å². The van der Waals surface area contributed by atoms with Crippen LogP contribution in [0.25, 0.3) is 0 Å². The molecule has 2 rings (SSSR count). The second-order valence-electron chi connectivity index (χ2n) is 4.08. The average Bonchev–Trinajstić information content (AvgIpc) is 2.34. The lowest BCUT2D eigenvalue weighted by molar-refractivity contribution is 0.470. The summed E-state index contributed by atoms with van der Waals surface area (Å²) in [5.41, 5.74) is 2.19. The number of hydrogen-bond acceptors (Lipinski definition) is 2. The molecule has 0 fully saturated rings. The van der Waals surface area contributed by atoms with Gasteiger partial charge < -0.3 is 4.74 Å². The molecule has 0 saturated heterocycles. The molecule has 0 radical (unpaired) electrons. The Morgan fingerprint density at radius 1 is 1.28 bits per heavy atom. The maximum Gasteiger partial charge on any atom is 0.135 e. The monoisotopic (exact) mass is 265 g/mol. The van der Waals surface area contributed by atoms with Crippen LogP contribution in [0.15, 0.2) is 30.5 Å². The largest absolute Gasteiger partial charge is 0.457 e. The molecular formula is C14H13ClFNO. The van der Waals surface area contributed by atoms with Gasteiger partial charge in [-0.3, -0.25) is 4.98 Å². The standard InChI is InChI=1S/C14H13ClFNO/c1-9-3-4-12(6-13(9)16)18-14-5-10(2)17-8-11(14)7-15/h3-6,8H,7H2,1-2H3. The van der Waals surface area contributed by atoms with Gasteiger partial charge in [-0.15, -0.1) is 11.6 Å². The number of benzene rings is 1. The zero-order valence-corrected chi connectivity index (χ0v) is 11.0. The fraction of sp³-hybridized carbons (Fsp3) is 0.214. The van der Waals surface area contributed by atoms with Gasteiger partial charge in [0.15, 0.2) is 0 Å². The Morgan fingerprint density at radius 3 is 2.72 bits per heavy atom. The average molecular weight is 266 g/mol. The molecule has 94 valence electrons. The van der Waals surface area contributed by atoms with Gasteiger partial charge in [0.25, 0.3) is 0 Å². The molecule has 1 aromatic heterocycles. The minimum Gasteiger partial charge on any atom is -0.457 e. The molecule has 0 N–H and O–H groups in total. The van der Waals surface area contributed by atoms with Crippen LogP contribution in [0.4, 0.5) is 4.39 Å². The summed E-state index contributed by atoms with van der Waals surface area (Å²) in [6.07, 6.45) is 1.67. The minimum absolute atomic E-state index is 0.286. The molecule has 0 unspecified atom stereocenters. The van der Waals surface area contributed by atoms with Crippen molar-refractivity contribution in [2.24, 2.45) is 0 Å². The zero-order valence-electron chi connectivity index (χ0n) is 10.2. The van der Waals surface area contributed by atoms with Crippen molar-refractivity contribution in [3.05, 3.63) is 53.1 Å². The van der Waals surface area contributed by atoms with E-state index in [9.17, 15) is 4.39 Å². The smallest absolute Gasteiger partial charge is 0.135 e. The van der Waals surface area contributed by atoms with Crippen LogP contribution in [0, 0.1) is 19.7 Å². The van der Waals surface area contributed by atoms with Gasteiger partial charge in [-0.05, 0) is 25.5 Å². The third kappa shape index (κ3) is 2.79. The Labute approximate surface area is 110 Å². The number of nitrogens with zero attached hydrogens (tertiary/aromatic N) is 1. The summed E-state index contributed by atoms with van der Waals surface area (Å²) in [4.78, 5) is 4.15. The van der Waals surface area contributed by atoms with Gasteiger partial charge >= 0.3 is 0 Å². The first kappa shape index (κ1) is 12.8. The van der Waals surface area contributed by atoms with Crippen molar-refractivity contribution in [3.63, 3.8) is 0 Å². The van der Waals surface area contributed by atoms with Crippen molar-refractivity contribution in [2.75, 3.05) is 0 Å². The van der Waals surface area contributed by atoms with Crippen molar-refractivity contribution >= 4 is 11.6 Å². The fourth-order valence-electron chi connectivity index (χ4n) is 1.52.